The number of fused-ring (bicyclic) bond motifs is 2. The number of rotatable bonds is 5. The standard InChI is InChI=1S/C23H19NO5S/c1-27-18-11-7-8-15(22(18)28-2)23(26)29-14-21(25)24-16-9-3-5-12-19(16)30-20-13-6-4-10-17(20)24/h3-13H,14H2,1-2H3. The fourth-order valence-corrected chi connectivity index (χ4v) is 4.35. The van der Waals surface area contributed by atoms with Crippen LogP contribution in [0.25, 0.3) is 0 Å². The molecule has 0 saturated heterocycles. The van der Waals surface area contributed by atoms with Crippen LogP contribution in [-0.4, -0.2) is 32.7 Å². The molecule has 1 aliphatic heterocycles. The highest BCUT2D eigenvalue weighted by atomic mass is 32.2. The minimum Gasteiger partial charge on any atom is -0.493 e. The van der Waals surface area contributed by atoms with E-state index in [2.05, 4.69) is 0 Å². The number of amides is 1. The summed E-state index contributed by atoms with van der Waals surface area (Å²) in [7, 11) is 2.93. The van der Waals surface area contributed by atoms with Gasteiger partial charge in [-0.1, -0.05) is 42.1 Å². The van der Waals surface area contributed by atoms with Crippen molar-refractivity contribution in [3.8, 4) is 11.5 Å². The lowest BCUT2D eigenvalue weighted by molar-refractivity contribution is -0.121. The largest absolute Gasteiger partial charge is 0.493 e. The van der Waals surface area contributed by atoms with Crippen LogP contribution in [0.5, 0.6) is 11.5 Å². The van der Waals surface area contributed by atoms with Crippen molar-refractivity contribution in [3.05, 3.63) is 72.3 Å². The van der Waals surface area contributed by atoms with Gasteiger partial charge in [0.25, 0.3) is 5.91 Å². The van der Waals surface area contributed by atoms with Crippen LogP contribution in [0.4, 0.5) is 11.4 Å². The van der Waals surface area contributed by atoms with Crippen molar-refractivity contribution in [1.29, 1.82) is 0 Å². The quantitative estimate of drug-likeness (QED) is 0.557. The molecule has 4 rings (SSSR count). The Kier molecular flexibility index (Phi) is 5.63. The third kappa shape index (κ3) is 3.59. The minimum absolute atomic E-state index is 0.194. The fourth-order valence-electron chi connectivity index (χ4n) is 3.29. The van der Waals surface area contributed by atoms with E-state index in [1.54, 1.807) is 34.9 Å². The predicted octanol–water partition coefficient (Wildman–Crippen LogP) is 4.69. The summed E-state index contributed by atoms with van der Waals surface area (Å²) in [6.45, 7) is -0.410. The smallest absolute Gasteiger partial charge is 0.342 e. The molecule has 0 saturated carbocycles. The summed E-state index contributed by atoms with van der Waals surface area (Å²) >= 11 is 1.60. The number of esters is 1. The molecule has 3 aromatic rings. The molecule has 0 aromatic heterocycles. The molecule has 7 heteroatoms. The van der Waals surface area contributed by atoms with E-state index in [0.717, 1.165) is 21.2 Å². The maximum Gasteiger partial charge on any atom is 0.342 e. The van der Waals surface area contributed by atoms with E-state index in [0.29, 0.717) is 5.75 Å². The third-order valence-corrected chi connectivity index (χ3v) is 5.76. The van der Waals surface area contributed by atoms with Gasteiger partial charge < -0.3 is 14.2 Å². The molecule has 0 bridgehead atoms. The van der Waals surface area contributed by atoms with Crippen molar-refractivity contribution in [2.24, 2.45) is 0 Å². The van der Waals surface area contributed by atoms with Gasteiger partial charge in [-0.05, 0) is 36.4 Å². The second-order valence-electron chi connectivity index (χ2n) is 6.38. The summed E-state index contributed by atoms with van der Waals surface area (Å²) < 4.78 is 15.8. The Morgan fingerprint density at radius 2 is 1.47 bits per heavy atom. The van der Waals surface area contributed by atoms with E-state index >= 15 is 0 Å². The molecule has 30 heavy (non-hydrogen) atoms. The van der Waals surface area contributed by atoms with E-state index in [-0.39, 0.29) is 17.2 Å². The van der Waals surface area contributed by atoms with Gasteiger partial charge in [0.2, 0.25) is 0 Å². The number of benzene rings is 3. The maximum atomic E-state index is 13.1. The number of methoxy groups -OCH3 is 2. The van der Waals surface area contributed by atoms with Crippen molar-refractivity contribution in [1.82, 2.24) is 0 Å². The number of nitrogens with zero attached hydrogens (tertiary/aromatic N) is 1. The van der Waals surface area contributed by atoms with Gasteiger partial charge in [-0.15, -0.1) is 0 Å². The summed E-state index contributed by atoms with van der Waals surface area (Å²) in [4.78, 5) is 29.3. The zero-order chi connectivity index (χ0) is 21.1. The summed E-state index contributed by atoms with van der Waals surface area (Å²) in [5.74, 6) is -0.325. The SMILES string of the molecule is COc1cccc(C(=O)OCC(=O)N2c3ccccc3Sc3ccccc32)c1OC. The molecule has 0 atom stereocenters. The highest BCUT2D eigenvalue weighted by molar-refractivity contribution is 7.99. The summed E-state index contributed by atoms with van der Waals surface area (Å²) in [5.41, 5.74) is 1.72. The molecule has 0 radical (unpaired) electrons. The lowest BCUT2D eigenvalue weighted by atomic mass is 10.2. The first-order chi connectivity index (χ1) is 14.6. The van der Waals surface area contributed by atoms with E-state index < -0.39 is 12.6 Å². The third-order valence-electron chi connectivity index (χ3n) is 4.63. The monoisotopic (exact) mass is 421 g/mol. The Hall–Kier alpha value is -3.45. The lowest BCUT2D eigenvalue weighted by Crippen LogP contribution is -2.32. The Morgan fingerprint density at radius 3 is 2.07 bits per heavy atom. The zero-order valence-corrected chi connectivity index (χ0v) is 17.3. The van der Waals surface area contributed by atoms with Gasteiger partial charge in [-0.25, -0.2) is 4.79 Å². The van der Waals surface area contributed by atoms with Gasteiger partial charge in [0, 0.05) is 9.79 Å². The average Bonchev–Trinajstić information content (AvgIpc) is 2.79. The van der Waals surface area contributed by atoms with E-state index in [1.165, 1.54) is 14.2 Å². The second-order valence-corrected chi connectivity index (χ2v) is 7.47. The van der Waals surface area contributed by atoms with Gasteiger partial charge in [-0.3, -0.25) is 9.69 Å². The first-order valence-electron chi connectivity index (χ1n) is 9.21. The molecule has 0 unspecified atom stereocenters. The predicted molar refractivity (Wildman–Crippen MR) is 114 cm³/mol. The summed E-state index contributed by atoms with van der Waals surface area (Å²) in [6, 6.07) is 20.2. The molecule has 3 aromatic carbocycles. The van der Waals surface area contributed by atoms with Crippen LogP contribution in [0.2, 0.25) is 0 Å². The van der Waals surface area contributed by atoms with Crippen molar-refractivity contribution >= 4 is 35.0 Å². The number of carbonyl (C=O) groups excluding carboxylic acids is 2. The van der Waals surface area contributed by atoms with Crippen LogP contribution in [-0.2, 0) is 9.53 Å². The lowest BCUT2D eigenvalue weighted by Gasteiger charge is -2.30. The number of hydrogen-bond acceptors (Lipinski definition) is 6. The second kappa shape index (κ2) is 8.51. The van der Waals surface area contributed by atoms with Crippen molar-refractivity contribution in [2.75, 3.05) is 25.7 Å². The fraction of sp³-hybridized carbons (Fsp3) is 0.130. The molecule has 0 N–H and O–H groups in total. The molecule has 152 valence electrons. The topological polar surface area (TPSA) is 65.1 Å². The normalized spacial score (nSPS) is 11.9. The Labute approximate surface area is 178 Å². The van der Waals surface area contributed by atoms with Gasteiger partial charge in [0.05, 0.1) is 25.6 Å². The minimum atomic E-state index is -0.660. The first kappa shape index (κ1) is 19.8. The molecule has 1 heterocycles. The summed E-state index contributed by atoms with van der Waals surface area (Å²) in [6.07, 6.45) is 0. The van der Waals surface area contributed by atoms with Gasteiger partial charge in [-0.2, -0.15) is 0 Å². The molecular formula is C23H19NO5S. The zero-order valence-electron chi connectivity index (χ0n) is 16.5. The van der Waals surface area contributed by atoms with Gasteiger partial charge in [0.1, 0.15) is 5.56 Å². The van der Waals surface area contributed by atoms with E-state index in [4.69, 9.17) is 14.2 Å². The highest BCUT2D eigenvalue weighted by Crippen LogP contribution is 2.47. The van der Waals surface area contributed by atoms with Gasteiger partial charge in [0.15, 0.2) is 18.1 Å². The Morgan fingerprint density at radius 1 is 0.833 bits per heavy atom. The molecule has 1 aliphatic rings. The Bertz CT molecular complexity index is 1070. The highest BCUT2D eigenvalue weighted by Gasteiger charge is 2.29. The molecule has 6 nitrogen and oxygen atoms in total. The molecule has 1 amide bonds. The number of para-hydroxylation sites is 3. The number of anilines is 2. The van der Waals surface area contributed by atoms with Crippen molar-refractivity contribution < 1.29 is 23.8 Å². The van der Waals surface area contributed by atoms with Crippen LogP contribution in [0.15, 0.2) is 76.5 Å². The molecule has 0 fully saturated rings. The van der Waals surface area contributed by atoms with Crippen LogP contribution in [0, 0.1) is 0 Å². The van der Waals surface area contributed by atoms with Crippen molar-refractivity contribution in [2.45, 2.75) is 9.79 Å². The summed E-state index contributed by atoms with van der Waals surface area (Å²) in [5, 5.41) is 0. The molecule has 0 aliphatic carbocycles. The van der Waals surface area contributed by atoms with Crippen LogP contribution in [0.1, 0.15) is 10.4 Å². The number of carbonyl (C=O) groups is 2. The first-order valence-corrected chi connectivity index (χ1v) is 10.0. The van der Waals surface area contributed by atoms with Crippen LogP contribution < -0.4 is 14.4 Å². The number of hydrogen-bond donors (Lipinski definition) is 0. The maximum absolute atomic E-state index is 13.1. The average molecular weight is 421 g/mol. The molecule has 0 spiro atoms. The van der Waals surface area contributed by atoms with Gasteiger partial charge >= 0.3 is 5.97 Å². The number of ether oxygens (including phenoxy) is 3. The van der Waals surface area contributed by atoms with Crippen molar-refractivity contribution in [3.63, 3.8) is 0 Å². The van der Waals surface area contributed by atoms with Crippen LogP contribution in [0.3, 0.4) is 0 Å². The van der Waals surface area contributed by atoms with Crippen LogP contribution >= 0.6 is 11.8 Å². The van der Waals surface area contributed by atoms with E-state index in [9.17, 15) is 9.59 Å². The Balaban J connectivity index is 1.58. The van der Waals surface area contributed by atoms with E-state index in [1.807, 2.05) is 48.5 Å². The molecular weight excluding hydrogens is 402 g/mol.